The minimum Gasteiger partial charge on any atom is -0.492 e. The SMILES string of the molecule is CCOc1ccc(C)cc1S(=O)(=O)N(Cc1ccccn1)Cc1ccco1. The van der Waals surface area contributed by atoms with Crippen LogP contribution in [0.1, 0.15) is 23.9 Å². The lowest BCUT2D eigenvalue weighted by Gasteiger charge is -2.22. The Morgan fingerprint density at radius 2 is 1.96 bits per heavy atom. The van der Waals surface area contributed by atoms with E-state index in [0.717, 1.165) is 5.56 Å². The molecular weight excluding hydrogens is 364 g/mol. The number of nitrogens with zero attached hydrogens (tertiary/aromatic N) is 2. The smallest absolute Gasteiger partial charge is 0.247 e. The lowest BCUT2D eigenvalue weighted by atomic mass is 10.2. The summed E-state index contributed by atoms with van der Waals surface area (Å²) in [5.41, 5.74) is 1.49. The fraction of sp³-hybridized carbons (Fsp3) is 0.250. The quantitative estimate of drug-likeness (QED) is 0.589. The number of pyridine rings is 1. The summed E-state index contributed by atoms with van der Waals surface area (Å²) in [6.45, 7) is 4.29. The van der Waals surface area contributed by atoms with Gasteiger partial charge >= 0.3 is 0 Å². The molecule has 0 N–H and O–H groups in total. The highest BCUT2D eigenvalue weighted by Crippen LogP contribution is 2.30. The van der Waals surface area contributed by atoms with Crippen molar-refractivity contribution in [3.05, 3.63) is 78.0 Å². The van der Waals surface area contributed by atoms with E-state index in [1.807, 2.05) is 26.0 Å². The minimum absolute atomic E-state index is 0.103. The lowest BCUT2D eigenvalue weighted by molar-refractivity contribution is 0.324. The monoisotopic (exact) mass is 386 g/mol. The van der Waals surface area contributed by atoms with Crippen molar-refractivity contribution in [2.75, 3.05) is 6.61 Å². The standard InChI is InChI=1S/C20H22N2O4S/c1-3-25-19-10-9-16(2)13-20(19)27(23,24)22(15-18-8-6-12-26-18)14-17-7-4-5-11-21-17/h4-13H,3,14-15H2,1-2H3. The molecule has 3 rings (SSSR count). The third-order valence-corrected chi connectivity index (χ3v) is 5.81. The number of furan rings is 1. The summed E-state index contributed by atoms with van der Waals surface area (Å²) in [5, 5.41) is 0. The lowest BCUT2D eigenvalue weighted by Crippen LogP contribution is -2.31. The first-order valence-electron chi connectivity index (χ1n) is 8.66. The number of benzene rings is 1. The van der Waals surface area contributed by atoms with E-state index in [4.69, 9.17) is 9.15 Å². The maximum absolute atomic E-state index is 13.5. The van der Waals surface area contributed by atoms with Crippen LogP contribution < -0.4 is 4.74 Å². The molecule has 0 aliphatic rings. The van der Waals surface area contributed by atoms with Gasteiger partial charge in [-0.25, -0.2) is 8.42 Å². The Morgan fingerprint density at radius 3 is 2.63 bits per heavy atom. The van der Waals surface area contributed by atoms with Crippen LogP contribution in [0.3, 0.4) is 0 Å². The molecule has 0 aliphatic carbocycles. The van der Waals surface area contributed by atoms with Gasteiger partial charge in [0, 0.05) is 6.20 Å². The molecule has 27 heavy (non-hydrogen) atoms. The third-order valence-electron chi connectivity index (χ3n) is 3.99. The molecule has 0 saturated carbocycles. The van der Waals surface area contributed by atoms with E-state index < -0.39 is 10.0 Å². The largest absolute Gasteiger partial charge is 0.492 e. The Morgan fingerprint density at radius 1 is 1.11 bits per heavy atom. The van der Waals surface area contributed by atoms with Crippen molar-refractivity contribution < 1.29 is 17.6 Å². The van der Waals surface area contributed by atoms with E-state index in [9.17, 15) is 8.42 Å². The van der Waals surface area contributed by atoms with E-state index in [1.54, 1.807) is 42.6 Å². The topological polar surface area (TPSA) is 72.6 Å². The van der Waals surface area contributed by atoms with Crippen LogP contribution in [0, 0.1) is 6.92 Å². The highest BCUT2D eigenvalue weighted by Gasteiger charge is 2.29. The van der Waals surface area contributed by atoms with Crippen LogP contribution in [0.15, 0.2) is 70.3 Å². The van der Waals surface area contributed by atoms with Gasteiger partial charge in [0.2, 0.25) is 10.0 Å². The highest BCUT2D eigenvalue weighted by atomic mass is 32.2. The van der Waals surface area contributed by atoms with E-state index >= 15 is 0 Å². The molecule has 0 aliphatic heterocycles. The van der Waals surface area contributed by atoms with Crippen molar-refractivity contribution in [1.29, 1.82) is 0 Å². The summed E-state index contributed by atoms with van der Waals surface area (Å²) < 4.78 is 39.3. The molecule has 0 unspecified atom stereocenters. The highest BCUT2D eigenvalue weighted by molar-refractivity contribution is 7.89. The number of aryl methyl sites for hydroxylation is 1. The molecule has 3 aromatic rings. The summed E-state index contributed by atoms with van der Waals surface area (Å²) in [6.07, 6.45) is 3.17. The molecule has 6 nitrogen and oxygen atoms in total. The molecule has 2 aromatic heterocycles. The Labute approximate surface area is 159 Å². The van der Waals surface area contributed by atoms with E-state index in [0.29, 0.717) is 23.8 Å². The number of aromatic nitrogens is 1. The van der Waals surface area contributed by atoms with Crippen LogP contribution in [0.4, 0.5) is 0 Å². The number of hydrogen-bond acceptors (Lipinski definition) is 5. The predicted octanol–water partition coefficient (Wildman–Crippen LogP) is 3.77. The number of ether oxygens (including phenoxy) is 1. The molecule has 0 amide bonds. The van der Waals surface area contributed by atoms with Gasteiger partial charge < -0.3 is 9.15 Å². The molecule has 0 saturated heterocycles. The Balaban J connectivity index is 2.03. The fourth-order valence-corrected chi connectivity index (χ4v) is 4.30. The molecule has 0 radical (unpaired) electrons. The van der Waals surface area contributed by atoms with E-state index in [2.05, 4.69) is 4.98 Å². The van der Waals surface area contributed by atoms with Gasteiger partial charge in [-0.15, -0.1) is 0 Å². The summed E-state index contributed by atoms with van der Waals surface area (Å²) in [6, 6.07) is 14.1. The number of rotatable bonds is 8. The molecular formula is C20H22N2O4S. The maximum atomic E-state index is 13.5. The Hall–Kier alpha value is -2.64. The number of sulfonamides is 1. The van der Waals surface area contributed by atoms with Gasteiger partial charge in [-0.2, -0.15) is 4.31 Å². The van der Waals surface area contributed by atoms with Crippen LogP contribution in [0.25, 0.3) is 0 Å². The molecule has 2 heterocycles. The van der Waals surface area contributed by atoms with Crippen molar-refractivity contribution in [3.63, 3.8) is 0 Å². The van der Waals surface area contributed by atoms with Gasteiger partial charge in [0.05, 0.1) is 31.7 Å². The summed E-state index contributed by atoms with van der Waals surface area (Å²) in [5.74, 6) is 0.897. The minimum atomic E-state index is -3.84. The normalized spacial score (nSPS) is 11.7. The zero-order valence-corrected chi connectivity index (χ0v) is 16.1. The zero-order chi connectivity index (χ0) is 19.3. The molecule has 0 atom stereocenters. The van der Waals surface area contributed by atoms with Crippen molar-refractivity contribution in [2.24, 2.45) is 0 Å². The van der Waals surface area contributed by atoms with Crippen molar-refractivity contribution in [3.8, 4) is 5.75 Å². The van der Waals surface area contributed by atoms with Gasteiger partial charge in [0.15, 0.2) is 0 Å². The van der Waals surface area contributed by atoms with Gasteiger partial charge in [0.1, 0.15) is 16.4 Å². The molecule has 0 spiro atoms. The van der Waals surface area contributed by atoms with Crippen LogP contribution in [-0.2, 0) is 23.1 Å². The molecule has 142 valence electrons. The van der Waals surface area contributed by atoms with Crippen LogP contribution >= 0.6 is 0 Å². The first kappa shape index (κ1) is 19.1. The maximum Gasteiger partial charge on any atom is 0.247 e. The fourth-order valence-electron chi connectivity index (χ4n) is 2.71. The van der Waals surface area contributed by atoms with Crippen LogP contribution in [-0.4, -0.2) is 24.3 Å². The second-order valence-corrected chi connectivity index (χ2v) is 7.96. The first-order chi connectivity index (χ1) is 13.0. The second kappa shape index (κ2) is 8.37. The van der Waals surface area contributed by atoms with Crippen LogP contribution in [0.2, 0.25) is 0 Å². The summed E-state index contributed by atoms with van der Waals surface area (Å²) in [7, 11) is -3.84. The van der Waals surface area contributed by atoms with Crippen molar-refractivity contribution in [1.82, 2.24) is 9.29 Å². The van der Waals surface area contributed by atoms with Crippen LogP contribution in [0.5, 0.6) is 5.75 Å². The van der Waals surface area contributed by atoms with Gasteiger partial charge in [-0.1, -0.05) is 12.1 Å². The average molecular weight is 386 g/mol. The first-order valence-corrected chi connectivity index (χ1v) is 10.1. The van der Waals surface area contributed by atoms with E-state index in [-0.39, 0.29) is 18.0 Å². The van der Waals surface area contributed by atoms with Crippen molar-refractivity contribution >= 4 is 10.0 Å². The average Bonchev–Trinajstić information content (AvgIpc) is 3.17. The summed E-state index contributed by atoms with van der Waals surface area (Å²) >= 11 is 0. The predicted molar refractivity (Wildman–Crippen MR) is 102 cm³/mol. The summed E-state index contributed by atoms with van der Waals surface area (Å²) in [4.78, 5) is 4.41. The van der Waals surface area contributed by atoms with Gasteiger partial charge in [0.25, 0.3) is 0 Å². The van der Waals surface area contributed by atoms with Gasteiger partial charge in [-0.05, 0) is 55.8 Å². The molecule has 7 heteroatoms. The Bertz CT molecular complexity index is 970. The molecule has 0 bridgehead atoms. The van der Waals surface area contributed by atoms with Gasteiger partial charge in [-0.3, -0.25) is 4.98 Å². The van der Waals surface area contributed by atoms with Crippen molar-refractivity contribution in [2.45, 2.75) is 31.8 Å². The second-order valence-electron chi connectivity index (χ2n) is 6.06. The van der Waals surface area contributed by atoms with E-state index in [1.165, 1.54) is 10.6 Å². The third kappa shape index (κ3) is 4.56. The molecule has 1 aromatic carbocycles. The molecule has 0 fully saturated rings. The number of hydrogen-bond donors (Lipinski definition) is 0. The zero-order valence-electron chi connectivity index (χ0n) is 15.3. The Kier molecular flexibility index (Phi) is 5.93.